The van der Waals surface area contributed by atoms with Crippen LogP contribution in [0.2, 0.25) is 0 Å². The summed E-state index contributed by atoms with van der Waals surface area (Å²) in [6.07, 6.45) is 2.08. The standard InChI is InChI=1S/C79H113N17O15S2/c1-11-57-68(103)90-62(42-54-44-86-64-46(2)21-20-24-56(54)64)71(106)88-59(26-15-19-37-85-48(4)99)69(104)93-65(76(6,7)112-113-77(8,9)66(87-49(5)100)74(109)96-79(45-97,94-57)43-63(82)101)73(108)91-60(40-50-28-31-55(32-29-50)111-38-35-81)70(105)89-61(41-51-27-30-52-22-12-13-23-53(52)39-51)72(107)95-78(10,33-16-17-34-80)75(110)92-58(67(83)102)25-14-18-36-84-47(3)98/h12-13,20-24,27-32,39,44-45,57-62,65-66,86,94H,11,14-19,25-26,33-38,40-43,80-81H2,1-10H3,(H2,82,101)(H2,83,102)(H,84,98)(H,85,99)(H,87,100)(H,88,106)(H,89,105)(H,90,103)(H,91,108)(H,92,110)(H,93,104)(H,95,107)(H,96,109)/t57-,58-,59-,60-,61-,62+,65+,66+,78?,79-/m0/s1. The van der Waals surface area contributed by atoms with E-state index in [0.717, 1.165) is 50.4 Å². The van der Waals surface area contributed by atoms with Crippen LogP contribution in [0.4, 0.5) is 0 Å². The number of nitrogens with two attached hydrogens (primary N) is 4. The molecule has 13 amide bonds. The molecule has 0 radical (unpaired) electrons. The summed E-state index contributed by atoms with van der Waals surface area (Å²) in [6, 6.07) is 12.6. The second kappa shape index (κ2) is 43.2. The van der Waals surface area contributed by atoms with E-state index in [9.17, 15) is 38.4 Å². The molecule has 1 unspecified atom stereocenters. The van der Waals surface area contributed by atoms with E-state index in [-0.39, 0.29) is 102 Å². The fraction of sp³-hybridized carbons (Fsp3) is 0.519. The molecule has 0 saturated carbocycles. The average molecular weight is 1610 g/mol. The summed E-state index contributed by atoms with van der Waals surface area (Å²) >= 11 is 0. The summed E-state index contributed by atoms with van der Waals surface area (Å²) in [7, 11) is 1.91. The quantitative estimate of drug-likeness (QED) is 0.0153. The van der Waals surface area contributed by atoms with Gasteiger partial charge in [-0.15, -0.1) is 0 Å². The lowest BCUT2D eigenvalue weighted by Gasteiger charge is -2.40. The van der Waals surface area contributed by atoms with Crippen molar-refractivity contribution in [2.75, 3.05) is 32.8 Å². The number of primary amides is 2. The molecule has 34 heteroatoms. The highest BCUT2D eigenvalue weighted by Gasteiger charge is 2.48. The summed E-state index contributed by atoms with van der Waals surface area (Å²) in [4.78, 5) is 203. The normalized spacial score (nSPS) is 20.2. The van der Waals surface area contributed by atoms with Crippen molar-refractivity contribution < 1.29 is 71.9 Å². The van der Waals surface area contributed by atoms with Crippen molar-refractivity contribution in [3.63, 3.8) is 0 Å². The van der Waals surface area contributed by atoms with Crippen LogP contribution >= 0.6 is 21.6 Å². The zero-order chi connectivity index (χ0) is 83.4. The number of H-pyrrole nitrogens is 1. The summed E-state index contributed by atoms with van der Waals surface area (Å²) in [5.41, 5.74) is 22.3. The molecule has 4 aromatic carbocycles. The summed E-state index contributed by atoms with van der Waals surface area (Å²) in [5, 5.41) is 35.8. The third kappa shape index (κ3) is 27.9. The minimum absolute atomic E-state index is 0.00818. The minimum Gasteiger partial charge on any atom is -0.492 e. The molecule has 1 aromatic heterocycles. The van der Waals surface area contributed by atoms with Crippen LogP contribution in [-0.2, 0) is 86.4 Å². The monoisotopic (exact) mass is 1600 g/mol. The van der Waals surface area contributed by atoms with E-state index in [2.05, 4.69) is 68.8 Å². The Bertz CT molecular complexity index is 4200. The van der Waals surface area contributed by atoms with Gasteiger partial charge >= 0.3 is 0 Å². The van der Waals surface area contributed by atoms with Crippen LogP contribution in [-0.4, -0.2) is 190 Å². The average Bonchev–Trinajstić information content (AvgIpc) is 1.79. The van der Waals surface area contributed by atoms with Gasteiger partial charge in [0.05, 0.1) is 12.5 Å². The number of hydrogen-bond donors (Lipinski definition) is 17. The van der Waals surface area contributed by atoms with Gasteiger partial charge in [0, 0.05) is 86.3 Å². The Labute approximate surface area is 666 Å². The van der Waals surface area contributed by atoms with Crippen LogP contribution in [0, 0.1) is 6.92 Å². The van der Waals surface area contributed by atoms with Gasteiger partial charge in [-0.1, -0.05) is 101 Å². The predicted octanol–water partition coefficient (Wildman–Crippen LogP) is 1.72. The molecular weight excluding hydrogens is 1490 g/mol. The van der Waals surface area contributed by atoms with Crippen LogP contribution in [0.3, 0.4) is 0 Å². The third-order valence-electron chi connectivity index (χ3n) is 19.4. The van der Waals surface area contributed by atoms with Gasteiger partial charge in [-0.05, 0) is 157 Å². The van der Waals surface area contributed by atoms with Crippen molar-refractivity contribution >= 4 is 126 Å². The number of aromatic amines is 1. The number of fused-ring (bicyclic) bond motifs is 2. The van der Waals surface area contributed by atoms with Crippen LogP contribution in [0.1, 0.15) is 155 Å². The Kier molecular flexibility index (Phi) is 35.1. The van der Waals surface area contributed by atoms with Gasteiger partial charge in [-0.2, -0.15) is 0 Å². The molecule has 10 atom stereocenters. The molecule has 1 aliphatic rings. The number of benzene rings is 4. The highest BCUT2D eigenvalue weighted by Crippen LogP contribution is 2.47. The van der Waals surface area contributed by atoms with Gasteiger partial charge in [0.25, 0.3) is 0 Å². The minimum atomic E-state index is -2.43. The van der Waals surface area contributed by atoms with Crippen molar-refractivity contribution in [2.24, 2.45) is 22.9 Å². The number of ether oxygens (including phenoxy) is 1. The number of rotatable bonds is 37. The van der Waals surface area contributed by atoms with Crippen LogP contribution < -0.4 is 91.5 Å². The Balaban J connectivity index is 1.53. The van der Waals surface area contributed by atoms with Gasteiger partial charge < -0.3 is 91.1 Å². The smallest absolute Gasteiger partial charge is 0.246 e. The number of para-hydroxylation sites is 1. The highest BCUT2D eigenvalue weighted by molar-refractivity contribution is 8.77. The molecular formula is C79H113N17O15S2. The number of aldehydes is 1. The first-order chi connectivity index (χ1) is 53.5. The summed E-state index contributed by atoms with van der Waals surface area (Å²) in [5.74, 6) is -10.2. The molecule has 616 valence electrons. The Morgan fingerprint density at radius 2 is 1.27 bits per heavy atom. The fourth-order valence-electron chi connectivity index (χ4n) is 13.1. The van der Waals surface area contributed by atoms with Crippen LogP contribution in [0.25, 0.3) is 21.7 Å². The molecule has 6 rings (SSSR count). The summed E-state index contributed by atoms with van der Waals surface area (Å²) in [6.45, 7) is 16.1. The number of aromatic nitrogens is 1. The van der Waals surface area contributed by atoms with Gasteiger partial charge in [-0.25, -0.2) is 0 Å². The van der Waals surface area contributed by atoms with E-state index in [1.165, 1.54) is 20.8 Å². The Hall–Kier alpha value is -10.2. The fourth-order valence-corrected chi connectivity index (χ4v) is 15.9. The van der Waals surface area contributed by atoms with Crippen molar-refractivity contribution in [1.29, 1.82) is 0 Å². The van der Waals surface area contributed by atoms with E-state index in [1.807, 2.05) is 61.5 Å². The molecule has 1 aliphatic heterocycles. The second-order valence-corrected chi connectivity index (χ2v) is 33.3. The lowest BCUT2D eigenvalue weighted by atomic mass is 9.91. The zero-order valence-electron chi connectivity index (χ0n) is 66.0. The lowest BCUT2D eigenvalue weighted by molar-refractivity contribution is -0.137. The van der Waals surface area contributed by atoms with Gasteiger partial charge in [0.2, 0.25) is 76.8 Å². The van der Waals surface area contributed by atoms with Crippen molar-refractivity contribution in [2.45, 2.75) is 228 Å². The molecule has 32 nitrogen and oxygen atoms in total. The van der Waals surface area contributed by atoms with Crippen molar-refractivity contribution in [3.8, 4) is 5.75 Å². The molecule has 1 fully saturated rings. The van der Waals surface area contributed by atoms with Gasteiger partial charge in [0.15, 0.2) is 11.9 Å². The van der Waals surface area contributed by atoms with Gasteiger partial charge in [0.1, 0.15) is 60.2 Å². The Morgan fingerprint density at radius 3 is 1.89 bits per heavy atom. The third-order valence-corrected chi connectivity index (χ3v) is 23.7. The number of carbonyl (C=O) groups is 14. The predicted molar refractivity (Wildman–Crippen MR) is 433 cm³/mol. The molecule has 2 heterocycles. The first-order valence-corrected chi connectivity index (χ1v) is 40.2. The molecule has 1 saturated heterocycles. The van der Waals surface area contributed by atoms with Gasteiger partial charge in [-0.3, -0.25) is 72.4 Å². The Morgan fingerprint density at radius 1 is 0.646 bits per heavy atom. The molecule has 21 N–H and O–H groups in total. The van der Waals surface area contributed by atoms with E-state index < -0.39 is 140 Å². The first-order valence-electron chi connectivity index (χ1n) is 38.0. The number of aryl methyl sites for hydroxylation is 1. The molecule has 0 aliphatic carbocycles. The van der Waals surface area contributed by atoms with Crippen molar-refractivity contribution in [1.82, 2.24) is 68.8 Å². The van der Waals surface area contributed by atoms with Crippen molar-refractivity contribution in [3.05, 3.63) is 113 Å². The molecule has 0 spiro atoms. The second-order valence-electron chi connectivity index (χ2n) is 29.9. The maximum Gasteiger partial charge on any atom is 0.246 e. The van der Waals surface area contributed by atoms with Crippen LogP contribution in [0.5, 0.6) is 5.75 Å². The topological polar surface area (TPSA) is 512 Å². The maximum absolute atomic E-state index is 16.2. The van der Waals surface area contributed by atoms with E-state index in [4.69, 9.17) is 27.7 Å². The zero-order valence-corrected chi connectivity index (χ0v) is 67.7. The number of unbranched alkanes of at least 4 members (excludes halogenated alkanes) is 3. The first kappa shape index (κ1) is 91.7. The SMILES string of the molecule is CC[C@@H]1N[C@@](C=O)(CC(N)=O)NC(=O)[C@@H](NC(C)=O)C(C)(C)SSC(C)(C)[C@@H](C(=O)N[C@@H](Cc2ccc(OCCN)cc2)C(=O)N[C@@H](Cc2ccc3ccccc3c2)C(=O)NC(C)(CCCCN)C(=O)N[C@@H](CCCCNC(C)=O)C(N)=O)NC(=O)[C@H](CCCCNC(C)=O)NC(=O)[C@@H](Cc2c[nH]c3c(C)cccc23)NC1=O. The highest BCUT2D eigenvalue weighted by atomic mass is 33.1. The number of nitrogens with one attached hydrogen (secondary N) is 13. The van der Waals surface area contributed by atoms with E-state index in [0.29, 0.717) is 60.1 Å². The van der Waals surface area contributed by atoms with E-state index >= 15 is 28.8 Å². The number of carbonyl (C=O) groups excluding carboxylic acids is 14. The maximum atomic E-state index is 16.2. The lowest BCUT2D eigenvalue weighted by Crippen LogP contribution is -2.70. The van der Waals surface area contributed by atoms with Crippen LogP contribution in [0.15, 0.2) is 91.1 Å². The number of amides is 13. The largest absolute Gasteiger partial charge is 0.492 e. The molecule has 5 aromatic rings. The number of hydrogen-bond acceptors (Lipinski definition) is 20. The molecule has 113 heavy (non-hydrogen) atoms. The molecule has 0 bridgehead atoms. The van der Waals surface area contributed by atoms with E-state index in [1.54, 1.807) is 71.1 Å². The summed E-state index contributed by atoms with van der Waals surface area (Å²) < 4.78 is 2.69.